The molecule has 0 spiro atoms. The van der Waals surface area contributed by atoms with Crippen LogP contribution in [-0.4, -0.2) is 45.8 Å². The van der Waals surface area contributed by atoms with Crippen molar-refractivity contribution in [2.45, 2.75) is 24.6 Å². The van der Waals surface area contributed by atoms with Gasteiger partial charge >= 0.3 is 0 Å². The van der Waals surface area contributed by atoms with Gasteiger partial charge in [-0.3, -0.25) is 14.8 Å². The molecule has 0 bridgehead atoms. The molecule has 0 saturated heterocycles. The Hall–Kier alpha value is -2.01. The lowest BCUT2D eigenvalue weighted by Gasteiger charge is -2.31. The van der Waals surface area contributed by atoms with Crippen molar-refractivity contribution >= 4 is 23.6 Å². The third-order valence-electron chi connectivity index (χ3n) is 3.33. The van der Waals surface area contributed by atoms with Crippen LogP contribution in [0, 0.1) is 11.8 Å². The van der Waals surface area contributed by atoms with E-state index in [-0.39, 0.29) is 6.61 Å². The summed E-state index contributed by atoms with van der Waals surface area (Å²) in [4.78, 5) is 24.1. The third-order valence-corrected chi connectivity index (χ3v) is 4.62. The molecular formula is C16H20N2O4S. The predicted molar refractivity (Wildman–Crippen MR) is 89.2 cm³/mol. The molecule has 1 aromatic carbocycles. The van der Waals surface area contributed by atoms with Crippen molar-refractivity contribution in [2.24, 2.45) is 0 Å². The SMILES string of the molecule is CSC(C)(C)[C@H](NC(=O)c1ccc(C#CCO)cc1)C(=O)NO. The van der Waals surface area contributed by atoms with E-state index in [2.05, 4.69) is 17.2 Å². The van der Waals surface area contributed by atoms with Crippen molar-refractivity contribution in [1.29, 1.82) is 0 Å². The lowest BCUT2D eigenvalue weighted by molar-refractivity contribution is -0.131. The number of hydrogen-bond donors (Lipinski definition) is 4. The van der Waals surface area contributed by atoms with Gasteiger partial charge in [0.05, 0.1) is 0 Å². The second-order valence-electron chi connectivity index (χ2n) is 5.23. The largest absolute Gasteiger partial charge is 0.384 e. The maximum absolute atomic E-state index is 12.3. The average Bonchev–Trinajstić information content (AvgIpc) is 2.57. The fourth-order valence-electron chi connectivity index (χ4n) is 1.80. The first-order chi connectivity index (χ1) is 10.9. The highest BCUT2D eigenvalue weighted by molar-refractivity contribution is 8.00. The van der Waals surface area contributed by atoms with Crippen LogP contribution in [0.15, 0.2) is 24.3 Å². The number of amides is 2. The van der Waals surface area contributed by atoms with Crippen molar-refractivity contribution in [3.05, 3.63) is 35.4 Å². The summed E-state index contributed by atoms with van der Waals surface area (Å²) in [6, 6.07) is 5.56. The van der Waals surface area contributed by atoms with Gasteiger partial charge in [0.25, 0.3) is 11.8 Å². The van der Waals surface area contributed by atoms with Crippen molar-refractivity contribution in [3.8, 4) is 11.8 Å². The molecule has 1 atom stereocenters. The maximum Gasteiger partial charge on any atom is 0.267 e. The van der Waals surface area contributed by atoms with Gasteiger partial charge in [-0.05, 0) is 44.4 Å². The van der Waals surface area contributed by atoms with Crippen molar-refractivity contribution in [3.63, 3.8) is 0 Å². The number of rotatable bonds is 5. The molecule has 0 aliphatic rings. The smallest absolute Gasteiger partial charge is 0.267 e. The molecule has 4 N–H and O–H groups in total. The fraction of sp³-hybridized carbons (Fsp3) is 0.375. The van der Waals surface area contributed by atoms with E-state index in [1.807, 2.05) is 6.26 Å². The van der Waals surface area contributed by atoms with E-state index < -0.39 is 22.6 Å². The van der Waals surface area contributed by atoms with Gasteiger partial charge in [-0.25, -0.2) is 5.48 Å². The highest BCUT2D eigenvalue weighted by atomic mass is 32.2. The minimum Gasteiger partial charge on any atom is -0.384 e. The summed E-state index contributed by atoms with van der Waals surface area (Å²) < 4.78 is -0.602. The Morgan fingerprint density at radius 3 is 2.39 bits per heavy atom. The van der Waals surface area contributed by atoms with Crippen LogP contribution in [-0.2, 0) is 4.79 Å². The highest BCUT2D eigenvalue weighted by Crippen LogP contribution is 2.26. The van der Waals surface area contributed by atoms with Gasteiger partial charge in [-0.1, -0.05) is 11.8 Å². The molecule has 0 unspecified atom stereocenters. The van der Waals surface area contributed by atoms with Crippen molar-refractivity contribution in [2.75, 3.05) is 12.9 Å². The van der Waals surface area contributed by atoms with Gasteiger partial charge in [-0.2, -0.15) is 11.8 Å². The summed E-state index contributed by atoms with van der Waals surface area (Å²) in [6.07, 6.45) is 1.82. The highest BCUT2D eigenvalue weighted by Gasteiger charge is 2.36. The molecule has 0 fully saturated rings. The molecule has 0 saturated carbocycles. The quantitative estimate of drug-likeness (QED) is 0.362. The van der Waals surface area contributed by atoms with Crippen LogP contribution in [0.2, 0.25) is 0 Å². The number of hydrogen-bond acceptors (Lipinski definition) is 5. The number of aliphatic hydroxyl groups excluding tert-OH is 1. The zero-order valence-corrected chi connectivity index (χ0v) is 14.0. The number of carbonyl (C=O) groups is 2. The van der Waals surface area contributed by atoms with Crippen molar-refractivity contribution < 1.29 is 19.9 Å². The topological polar surface area (TPSA) is 98.7 Å². The third kappa shape index (κ3) is 5.28. The number of hydroxylamine groups is 1. The zero-order valence-electron chi connectivity index (χ0n) is 13.2. The molecule has 6 nitrogen and oxygen atoms in total. The van der Waals surface area contributed by atoms with Gasteiger partial charge in [0, 0.05) is 15.9 Å². The summed E-state index contributed by atoms with van der Waals surface area (Å²) in [7, 11) is 0. The molecule has 1 rings (SSSR count). The van der Waals surface area contributed by atoms with Gasteiger partial charge in [0.2, 0.25) is 0 Å². The van der Waals surface area contributed by atoms with Crippen LogP contribution in [0.3, 0.4) is 0 Å². The van der Waals surface area contributed by atoms with Crippen LogP contribution in [0.4, 0.5) is 0 Å². The van der Waals surface area contributed by atoms with E-state index in [1.165, 1.54) is 11.8 Å². The first kappa shape index (κ1) is 19.0. The Morgan fingerprint density at radius 2 is 1.91 bits per heavy atom. The van der Waals surface area contributed by atoms with Crippen LogP contribution in [0.25, 0.3) is 0 Å². The Kier molecular flexibility index (Phi) is 7.10. The lowest BCUT2D eigenvalue weighted by atomic mass is 10.0. The van der Waals surface area contributed by atoms with E-state index in [1.54, 1.807) is 43.6 Å². The summed E-state index contributed by atoms with van der Waals surface area (Å²) in [5.41, 5.74) is 2.62. The summed E-state index contributed by atoms with van der Waals surface area (Å²) in [6.45, 7) is 3.36. The van der Waals surface area contributed by atoms with Gasteiger partial charge in [0.1, 0.15) is 12.6 Å². The van der Waals surface area contributed by atoms with E-state index in [0.29, 0.717) is 11.1 Å². The van der Waals surface area contributed by atoms with Crippen LogP contribution in [0.5, 0.6) is 0 Å². The van der Waals surface area contributed by atoms with Crippen LogP contribution in [0.1, 0.15) is 29.8 Å². The van der Waals surface area contributed by atoms with Crippen LogP contribution >= 0.6 is 11.8 Å². The molecule has 0 aliphatic heterocycles. The lowest BCUT2D eigenvalue weighted by Crippen LogP contribution is -2.55. The molecule has 0 aliphatic carbocycles. The predicted octanol–water partition coefficient (Wildman–Crippen LogP) is 0.776. The monoisotopic (exact) mass is 336 g/mol. The van der Waals surface area contributed by atoms with Gasteiger partial charge < -0.3 is 10.4 Å². The number of benzene rings is 1. The van der Waals surface area contributed by atoms with E-state index in [0.717, 1.165) is 0 Å². The average molecular weight is 336 g/mol. The van der Waals surface area contributed by atoms with Gasteiger partial charge in [-0.15, -0.1) is 0 Å². The number of thioether (sulfide) groups is 1. The normalized spacial score (nSPS) is 11.9. The van der Waals surface area contributed by atoms with E-state index in [9.17, 15) is 9.59 Å². The molecular weight excluding hydrogens is 316 g/mol. The zero-order chi connectivity index (χ0) is 17.5. The number of carbonyl (C=O) groups excluding carboxylic acids is 2. The molecule has 124 valence electrons. The molecule has 2 amide bonds. The Labute approximate surface area is 139 Å². The van der Waals surface area contributed by atoms with Gasteiger partial charge in [0.15, 0.2) is 0 Å². The summed E-state index contributed by atoms with van der Waals surface area (Å²) >= 11 is 1.40. The summed E-state index contributed by atoms with van der Waals surface area (Å²) in [5, 5.41) is 20.1. The Morgan fingerprint density at radius 1 is 1.30 bits per heavy atom. The van der Waals surface area contributed by atoms with Crippen molar-refractivity contribution in [1.82, 2.24) is 10.8 Å². The standard InChI is InChI=1S/C16H20N2O4S/c1-16(2,23-3)13(15(21)18-22)17-14(20)12-8-6-11(7-9-12)5-4-10-19/h6-9,13,19,22H,10H2,1-3H3,(H,17,20)(H,18,21)/t13-/m1/s1. The molecule has 0 heterocycles. The van der Waals surface area contributed by atoms with E-state index in [4.69, 9.17) is 10.3 Å². The second-order valence-corrected chi connectivity index (χ2v) is 6.69. The molecule has 23 heavy (non-hydrogen) atoms. The Bertz CT molecular complexity index is 617. The minimum absolute atomic E-state index is 0.232. The molecule has 0 radical (unpaired) electrons. The number of aliphatic hydroxyl groups is 1. The summed E-state index contributed by atoms with van der Waals surface area (Å²) in [5.74, 6) is 4.14. The molecule has 7 heteroatoms. The van der Waals surface area contributed by atoms with E-state index >= 15 is 0 Å². The number of nitrogens with one attached hydrogen (secondary N) is 2. The molecule has 0 aromatic heterocycles. The maximum atomic E-state index is 12.3. The minimum atomic E-state index is -0.899. The second kappa shape index (κ2) is 8.58. The van der Waals surface area contributed by atoms with Crippen LogP contribution < -0.4 is 10.8 Å². The molecule has 1 aromatic rings. The first-order valence-corrected chi connectivity index (χ1v) is 8.08. The Balaban J connectivity index is 2.92. The fourth-order valence-corrected chi connectivity index (χ4v) is 2.20. The first-order valence-electron chi connectivity index (χ1n) is 6.85.